The van der Waals surface area contributed by atoms with Crippen molar-refractivity contribution in [1.82, 2.24) is 4.90 Å². The first-order valence-electron chi connectivity index (χ1n) is 7.03. The van der Waals surface area contributed by atoms with Gasteiger partial charge in [-0.05, 0) is 18.2 Å². The SMILES string of the molecule is O=C(OCCN1CCS(=O)(=O)CC1)c1ccc2c(c1)OCO2. The molecule has 0 unspecified atom stereocenters. The molecule has 0 radical (unpaired) electrons. The molecule has 0 atom stereocenters. The van der Waals surface area contributed by atoms with Crippen LogP contribution in [0.2, 0.25) is 0 Å². The number of ether oxygens (including phenoxy) is 3. The van der Waals surface area contributed by atoms with E-state index in [1.807, 2.05) is 4.90 Å². The normalized spacial score (nSPS) is 19.8. The molecule has 0 bridgehead atoms. The van der Waals surface area contributed by atoms with Crippen LogP contribution < -0.4 is 9.47 Å². The first-order valence-corrected chi connectivity index (χ1v) is 8.85. The first-order chi connectivity index (χ1) is 10.5. The molecule has 0 aromatic heterocycles. The van der Waals surface area contributed by atoms with Gasteiger partial charge in [-0.2, -0.15) is 0 Å². The third kappa shape index (κ3) is 3.50. The number of fused-ring (bicyclic) bond motifs is 1. The molecule has 0 N–H and O–H groups in total. The first kappa shape index (κ1) is 15.1. The van der Waals surface area contributed by atoms with Gasteiger partial charge in [0.05, 0.1) is 17.1 Å². The van der Waals surface area contributed by atoms with Crippen molar-refractivity contribution in [2.45, 2.75) is 0 Å². The van der Waals surface area contributed by atoms with Gasteiger partial charge in [-0.3, -0.25) is 4.90 Å². The number of sulfone groups is 1. The van der Waals surface area contributed by atoms with Crippen LogP contribution in [0, 0.1) is 0 Å². The second-order valence-corrected chi connectivity index (χ2v) is 7.50. The molecule has 0 aliphatic carbocycles. The van der Waals surface area contributed by atoms with Gasteiger partial charge in [0, 0.05) is 19.6 Å². The van der Waals surface area contributed by atoms with Crippen LogP contribution in [0.15, 0.2) is 18.2 Å². The highest BCUT2D eigenvalue weighted by Gasteiger charge is 2.22. The monoisotopic (exact) mass is 327 g/mol. The lowest BCUT2D eigenvalue weighted by atomic mass is 10.2. The molecular weight excluding hydrogens is 310 g/mol. The molecule has 0 spiro atoms. The summed E-state index contributed by atoms with van der Waals surface area (Å²) in [6, 6.07) is 4.90. The Hall–Kier alpha value is -1.80. The number of hydrogen-bond acceptors (Lipinski definition) is 7. The molecule has 22 heavy (non-hydrogen) atoms. The van der Waals surface area contributed by atoms with Gasteiger partial charge in [-0.15, -0.1) is 0 Å². The Kier molecular flexibility index (Phi) is 4.21. The molecule has 0 saturated carbocycles. The standard InChI is InChI=1S/C14H17NO6S/c16-14(11-1-2-12-13(9-11)21-10-20-12)19-6-3-15-4-7-22(17,18)8-5-15/h1-2,9H,3-8,10H2. The smallest absolute Gasteiger partial charge is 0.338 e. The topological polar surface area (TPSA) is 82.1 Å². The van der Waals surface area contributed by atoms with Gasteiger partial charge in [-0.25, -0.2) is 13.2 Å². The van der Waals surface area contributed by atoms with E-state index >= 15 is 0 Å². The zero-order valence-electron chi connectivity index (χ0n) is 12.0. The predicted octanol–water partition coefficient (Wildman–Crippen LogP) is 0.303. The van der Waals surface area contributed by atoms with Crippen molar-refractivity contribution >= 4 is 15.8 Å². The fraction of sp³-hybridized carbons (Fsp3) is 0.500. The van der Waals surface area contributed by atoms with Crippen molar-refractivity contribution in [1.29, 1.82) is 0 Å². The highest BCUT2D eigenvalue weighted by atomic mass is 32.2. The van der Waals surface area contributed by atoms with Gasteiger partial charge < -0.3 is 14.2 Å². The van der Waals surface area contributed by atoms with E-state index < -0.39 is 15.8 Å². The van der Waals surface area contributed by atoms with E-state index in [-0.39, 0.29) is 24.9 Å². The summed E-state index contributed by atoms with van der Waals surface area (Å²) in [5.74, 6) is 1.07. The fourth-order valence-electron chi connectivity index (χ4n) is 2.35. The van der Waals surface area contributed by atoms with Crippen LogP contribution in [-0.4, -0.2) is 63.8 Å². The van der Waals surface area contributed by atoms with Crippen molar-refractivity contribution in [2.75, 3.05) is 44.5 Å². The molecule has 2 aliphatic heterocycles. The van der Waals surface area contributed by atoms with E-state index in [9.17, 15) is 13.2 Å². The Balaban J connectivity index is 1.47. The van der Waals surface area contributed by atoms with E-state index in [4.69, 9.17) is 14.2 Å². The van der Waals surface area contributed by atoms with E-state index in [1.165, 1.54) is 0 Å². The van der Waals surface area contributed by atoms with Crippen molar-refractivity contribution in [3.8, 4) is 11.5 Å². The van der Waals surface area contributed by atoms with Crippen molar-refractivity contribution in [3.05, 3.63) is 23.8 Å². The maximum absolute atomic E-state index is 12.0. The minimum Gasteiger partial charge on any atom is -0.461 e. The van der Waals surface area contributed by atoms with Crippen molar-refractivity contribution in [3.63, 3.8) is 0 Å². The number of hydrogen-bond donors (Lipinski definition) is 0. The van der Waals surface area contributed by atoms with Crippen molar-refractivity contribution < 1.29 is 27.4 Å². The molecule has 2 aliphatic rings. The van der Waals surface area contributed by atoms with Crippen LogP contribution in [0.5, 0.6) is 11.5 Å². The maximum Gasteiger partial charge on any atom is 0.338 e. The van der Waals surface area contributed by atoms with Gasteiger partial charge in [0.25, 0.3) is 0 Å². The molecule has 0 amide bonds. The third-order valence-corrected chi connectivity index (χ3v) is 5.30. The van der Waals surface area contributed by atoms with E-state index in [0.717, 1.165) is 0 Å². The van der Waals surface area contributed by atoms with E-state index in [1.54, 1.807) is 18.2 Å². The van der Waals surface area contributed by atoms with Gasteiger partial charge in [0.2, 0.25) is 6.79 Å². The number of benzene rings is 1. The maximum atomic E-state index is 12.0. The summed E-state index contributed by atoms with van der Waals surface area (Å²) in [4.78, 5) is 13.9. The Morgan fingerprint density at radius 3 is 2.68 bits per heavy atom. The third-order valence-electron chi connectivity index (χ3n) is 3.69. The number of nitrogens with zero attached hydrogens (tertiary/aromatic N) is 1. The minimum absolute atomic E-state index is 0.158. The zero-order chi connectivity index (χ0) is 15.6. The van der Waals surface area contributed by atoms with Crippen LogP contribution in [0.1, 0.15) is 10.4 Å². The summed E-state index contributed by atoms with van der Waals surface area (Å²) in [6.07, 6.45) is 0. The summed E-state index contributed by atoms with van der Waals surface area (Å²) in [5.41, 5.74) is 0.408. The molecule has 2 heterocycles. The summed E-state index contributed by atoms with van der Waals surface area (Å²) < 4.78 is 38.3. The lowest BCUT2D eigenvalue weighted by Crippen LogP contribution is -2.41. The zero-order valence-corrected chi connectivity index (χ0v) is 12.8. The van der Waals surface area contributed by atoms with Gasteiger partial charge >= 0.3 is 5.97 Å². The molecule has 3 rings (SSSR count). The lowest BCUT2D eigenvalue weighted by molar-refractivity contribution is 0.0465. The van der Waals surface area contributed by atoms with E-state index in [2.05, 4.69) is 0 Å². The molecule has 1 aromatic carbocycles. The molecule has 1 aromatic rings. The Morgan fingerprint density at radius 2 is 1.91 bits per heavy atom. The summed E-state index contributed by atoms with van der Waals surface area (Å²) in [5, 5.41) is 0. The molecule has 8 heteroatoms. The van der Waals surface area contributed by atoms with Crippen molar-refractivity contribution in [2.24, 2.45) is 0 Å². The highest BCUT2D eigenvalue weighted by molar-refractivity contribution is 7.91. The molecular formula is C14H17NO6S. The number of esters is 1. The molecule has 120 valence electrons. The van der Waals surface area contributed by atoms with Crippen LogP contribution >= 0.6 is 0 Å². The molecule has 7 nitrogen and oxygen atoms in total. The van der Waals surface area contributed by atoms with Gasteiger partial charge in [-0.1, -0.05) is 0 Å². The van der Waals surface area contributed by atoms with Crippen LogP contribution in [0.4, 0.5) is 0 Å². The van der Waals surface area contributed by atoms with Crippen LogP contribution in [0.3, 0.4) is 0 Å². The fourth-order valence-corrected chi connectivity index (χ4v) is 3.62. The van der Waals surface area contributed by atoms with E-state index in [0.29, 0.717) is 36.7 Å². The number of rotatable bonds is 4. The van der Waals surface area contributed by atoms with Crippen LogP contribution in [-0.2, 0) is 14.6 Å². The summed E-state index contributed by atoms with van der Waals surface area (Å²) in [6.45, 7) is 1.90. The highest BCUT2D eigenvalue weighted by Crippen LogP contribution is 2.32. The second-order valence-electron chi connectivity index (χ2n) is 5.20. The number of carbonyl (C=O) groups is 1. The minimum atomic E-state index is -2.88. The number of carbonyl (C=O) groups excluding carboxylic acids is 1. The van der Waals surface area contributed by atoms with Crippen LogP contribution in [0.25, 0.3) is 0 Å². The Bertz CT molecular complexity index is 658. The lowest BCUT2D eigenvalue weighted by Gasteiger charge is -2.26. The van der Waals surface area contributed by atoms with Gasteiger partial charge in [0.1, 0.15) is 6.61 Å². The quantitative estimate of drug-likeness (QED) is 0.736. The Morgan fingerprint density at radius 1 is 1.18 bits per heavy atom. The summed E-state index contributed by atoms with van der Waals surface area (Å²) >= 11 is 0. The Labute approximate surface area is 128 Å². The largest absolute Gasteiger partial charge is 0.461 e. The average molecular weight is 327 g/mol. The average Bonchev–Trinajstić information content (AvgIpc) is 2.96. The molecule has 1 saturated heterocycles. The second kappa shape index (κ2) is 6.13. The van der Waals surface area contributed by atoms with Gasteiger partial charge in [0.15, 0.2) is 21.3 Å². The predicted molar refractivity (Wildman–Crippen MR) is 77.9 cm³/mol. The molecule has 1 fully saturated rings. The summed E-state index contributed by atoms with van der Waals surface area (Å²) in [7, 11) is -2.88.